The normalized spacial score (nSPS) is 26.1. The highest BCUT2D eigenvalue weighted by Crippen LogP contribution is 2.47. The summed E-state index contributed by atoms with van der Waals surface area (Å²) in [5.74, 6) is 1.11. The Morgan fingerprint density at radius 1 is 1.27 bits per heavy atom. The van der Waals surface area contributed by atoms with Crippen LogP contribution in [0.15, 0.2) is 24.3 Å². The monoisotopic (exact) mass is 206 g/mol. The molecule has 1 heterocycles. The summed E-state index contributed by atoms with van der Waals surface area (Å²) < 4.78 is 17.3. The van der Waals surface area contributed by atoms with Gasteiger partial charge in [0, 0.05) is 13.5 Å². The number of ether oxygens (including phenoxy) is 3. The summed E-state index contributed by atoms with van der Waals surface area (Å²) in [5, 5.41) is 0. The number of fused-ring (bicyclic) bond motifs is 1. The molecule has 1 aliphatic heterocycles. The quantitative estimate of drug-likeness (QED) is 0.706. The zero-order valence-electron chi connectivity index (χ0n) is 8.73. The number of para-hydroxylation sites is 2. The highest BCUT2D eigenvalue weighted by Gasteiger charge is 2.52. The van der Waals surface area contributed by atoms with Crippen molar-refractivity contribution in [2.45, 2.75) is 31.2 Å². The number of hydrogen-bond donors (Lipinski definition) is 0. The molecule has 0 radical (unpaired) electrons. The molecule has 0 bridgehead atoms. The number of hydrogen-bond acceptors (Lipinski definition) is 3. The van der Waals surface area contributed by atoms with Crippen molar-refractivity contribution in [1.82, 2.24) is 0 Å². The Hall–Kier alpha value is -1.22. The van der Waals surface area contributed by atoms with Crippen LogP contribution in [0.3, 0.4) is 0 Å². The maximum atomic E-state index is 5.91. The first-order valence-corrected chi connectivity index (χ1v) is 5.34. The van der Waals surface area contributed by atoms with Crippen LogP contribution in [-0.4, -0.2) is 19.0 Å². The third-order valence-electron chi connectivity index (χ3n) is 3.18. The van der Waals surface area contributed by atoms with Crippen molar-refractivity contribution < 1.29 is 14.2 Å². The van der Waals surface area contributed by atoms with E-state index < -0.39 is 5.79 Å². The van der Waals surface area contributed by atoms with Crippen molar-refractivity contribution in [2.24, 2.45) is 0 Å². The molecular weight excluding hydrogens is 192 g/mol. The summed E-state index contributed by atoms with van der Waals surface area (Å²) in [6.45, 7) is 0. The van der Waals surface area contributed by atoms with Crippen LogP contribution in [0.25, 0.3) is 0 Å². The molecule has 3 heteroatoms. The fourth-order valence-corrected chi connectivity index (χ4v) is 2.46. The molecule has 3 nitrogen and oxygen atoms in total. The summed E-state index contributed by atoms with van der Waals surface area (Å²) in [5.41, 5.74) is 0. The molecule has 0 saturated heterocycles. The lowest BCUT2D eigenvalue weighted by atomic mass is 10.2. The molecule has 15 heavy (non-hydrogen) atoms. The Bertz CT molecular complexity index is 350. The molecule has 1 unspecified atom stereocenters. The average Bonchev–Trinajstić information content (AvgIpc) is 2.81. The summed E-state index contributed by atoms with van der Waals surface area (Å²) >= 11 is 0. The highest BCUT2D eigenvalue weighted by molar-refractivity contribution is 5.43. The smallest absolute Gasteiger partial charge is 0.277 e. The van der Waals surface area contributed by atoms with E-state index in [4.69, 9.17) is 14.2 Å². The molecule has 0 aromatic heterocycles. The topological polar surface area (TPSA) is 27.7 Å². The zero-order valence-corrected chi connectivity index (χ0v) is 8.73. The van der Waals surface area contributed by atoms with Gasteiger partial charge in [0.25, 0.3) is 5.79 Å². The summed E-state index contributed by atoms with van der Waals surface area (Å²) in [6.07, 6.45) is 3.04. The fourth-order valence-electron chi connectivity index (χ4n) is 2.46. The lowest BCUT2D eigenvalue weighted by Crippen LogP contribution is -2.46. The van der Waals surface area contributed by atoms with Crippen LogP contribution in [-0.2, 0) is 4.74 Å². The van der Waals surface area contributed by atoms with Crippen LogP contribution in [0.5, 0.6) is 11.5 Å². The fraction of sp³-hybridized carbons (Fsp3) is 0.500. The van der Waals surface area contributed by atoms with Gasteiger partial charge >= 0.3 is 0 Å². The van der Waals surface area contributed by atoms with E-state index in [2.05, 4.69) is 0 Å². The van der Waals surface area contributed by atoms with E-state index in [9.17, 15) is 0 Å². The molecule has 1 aliphatic carbocycles. The first-order valence-electron chi connectivity index (χ1n) is 5.34. The van der Waals surface area contributed by atoms with Gasteiger partial charge < -0.3 is 14.2 Å². The molecule has 0 amide bonds. The highest BCUT2D eigenvalue weighted by atomic mass is 16.8. The van der Waals surface area contributed by atoms with E-state index >= 15 is 0 Å². The Morgan fingerprint density at radius 3 is 2.53 bits per heavy atom. The number of rotatable bonds is 1. The van der Waals surface area contributed by atoms with Gasteiger partial charge in [-0.3, -0.25) is 0 Å². The molecule has 1 atom stereocenters. The Labute approximate surface area is 89.0 Å². The molecule has 1 aromatic rings. The summed E-state index contributed by atoms with van der Waals surface area (Å²) in [6, 6.07) is 7.79. The van der Waals surface area contributed by atoms with Crippen molar-refractivity contribution in [3.8, 4) is 11.5 Å². The third kappa shape index (κ3) is 1.23. The van der Waals surface area contributed by atoms with Crippen LogP contribution >= 0.6 is 0 Å². The second-order valence-electron chi connectivity index (χ2n) is 4.08. The Balaban J connectivity index is 1.94. The molecule has 1 saturated carbocycles. The molecule has 1 aromatic carbocycles. The molecule has 1 fully saturated rings. The van der Waals surface area contributed by atoms with Crippen molar-refractivity contribution >= 4 is 0 Å². The van der Waals surface area contributed by atoms with Gasteiger partial charge in [-0.05, 0) is 25.0 Å². The van der Waals surface area contributed by atoms with Crippen LogP contribution < -0.4 is 9.47 Å². The van der Waals surface area contributed by atoms with Crippen LogP contribution in [0.4, 0.5) is 0 Å². The van der Waals surface area contributed by atoms with E-state index in [1.807, 2.05) is 24.3 Å². The third-order valence-corrected chi connectivity index (χ3v) is 3.18. The first kappa shape index (κ1) is 9.04. The predicted octanol–water partition coefficient (Wildman–Crippen LogP) is 2.35. The molecule has 2 aliphatic rings. The van der Waals surface area contributed by atoms with Gasteiger partial charge in [0.05, 0.1) is 0 Å². The molecule has 80 valence electrons. The summed E-state index contributed by atoms with van der Waals surface area (Å²) in [4.78, 5) is 0. The second-order valence-corrected chi connectivity index (χ2v) is 4.08. The van der Waals surface area contributed by atoms with Crippen molar-refractivity contribution in [2.75, 3.05) is 7.11 Å². The van der Waals surface area contributed by atoms with Gasteiger partial charge in [-0.1, -0.05) is 12.1 Å². The molecule has 0 N–H and O–H groups in total. The molecule has 1 spiro atoms. The zero-order chi connectivity index (χ0) is 10.3. The van der Waals surface area contributed by atoms with E-state index in [0.29, 0.717) is 0 Å². The van der Waals surface area contributed by atoms with Gasteiger partial charge in [-0.15, -0.1) is 0 Å². The second kappa shape index (κ2) is 3.14. The maximum absolute atomic E-state index is 5.91. The summed E-state index contributed by atoms with van der Waals surface area (Å²) in [7, 11) is 1.72. The molecule has 3 rings (SSSR count). The lowest BCUT2D eigenvalue weighted by molar-refractivity contribution is -0.153. The van der Waals surface area contributed by atoms with Crippen LogP contribution in [0, 0.1) is 0 Å². The minimum Gasteiger partial charge on any atom is -0.446 e. The van der Waals surface area contributed by atoms with E-state index in [-0.39, 0.29) is 6.10 Å². The van der Waals surface area contributed by atoms with E-state index in [0.717, 1.165) is 30.8 Å². The number of benzene rings is 1. The van der Waals surface area contributed by atoms with Gasteiger partial charge in [0.2, 0.25) is 0 Å². The largest absolute Gasteiger partial charge is 0.446 e. The van der Waals surface area contributed by atoms with E-state index in [1.165, 1.54) is 0 Å². The lowest BCUT2D eigenvalue weighted by Gasteiger charge is -2.28. The van der Waals surface area contributed by atoms with Crippen molar-refractivity contribution in [3.63, 3.8) is 0 Å². The van der Waals surface area contributed by atoms with Gasteiger partial charge in [-0.25, -0.2) is 0 Å². The van der Waals surface area contributed by atoms with Crippen molar-refractivity contribution in [1.29, 1.82) is 0 Å². The van der Waals surface area contributed by atoms with Crippen molar-refractivity contribution in [3.05, 3.63) is 24.3 Å². The van der Waals surface area contributed by atoms with Crippen LogP contribution in [0.1, 0.15) is 19.3 Å². The van der Waals surface area contributed by atoms with Gasteiger partial charge in [0.1, 0.15) is 6.10 Å². The molecular formula is C12H14O3. The minimum absolute atomic E-state index is 0.0462. The maximum Gasteiger partial charge on any atom is 0.277 e. The van der Waals surface area contributed by atoms with Gasteiger partial charge in [-0.2, -0.15) is 0 Å². The average molecular weight is 206 g/mol. The Morgan fingerprint density at radius 2 is 1.93 bits per heavy atom. The minimum atomic E-state index is -0.557. The number of methoxy groups -OCH3 is 1. The standard InChI is InChI=1S/C12H14O3/c1-13-11-7-4-8-12(11)14-9-5-2-3-6-10(9)15-12/h2-3,5-6,11H,4,7-8H2,1H3. The van der Waals surface area contributed by atoms with E-state index in [1.54, 1.807) is 7.11 Å². The van der Waals surface area contributed by atoms with Gasteiger partial charge in [0.15, 0.2) is 11.5 Å². The predicted molar refractivity (Wildman–Crippen MR) is 55.1 cm³/mol. The first-order chi connectivity index (χ1) is 7.34. The SMILES string of the molecule is COC1CCCC12Oc1ccccc1O2. The Kier molecular flexibility index (Phi) is 1.89. The van der Waals surface area contributed by atoms with Crippen LogP contribution in [0.2, 0.25) is 0 Å².